The first-order valence-electron chi connectivity index (χ1n) is 5.87. The Bertz CT molecular complexity index is 513. The van der Waals surface area contributed by atoms with Crippen molar-refractivity contribution >= 4 is 34.9 Å². The first-order valence-corrected chi connectivity index (χ1v) is 6.78. The third-order valence-electron chi connectivity index (χ3n) is 2.72. The predicted molar refractivity (Wildman–Crippen MR) is 81.1 cm³/mol. The second-order valence-electron chi connectivity index (χ2n) is 4.03. The lowest BCUT2D eigenvalue weighted by atomic mass is 10.0. The summed E-state index contributed by atoms with van der Waals surface area (Å²) in [5.41, 5.74) is 3.60. The Morgan fingerprint density at radius 1 is 0.944 bits per heavy atom. The summed E-state index contributed by atoms with van der Waals surface area (Å²) >= 11 is 11.8. The minimum absolute atomic E-state index is 0.619. The van der Waals surface area contributed by atoms with Crippen LogP contribution in [0.2, 0.25) is 5.02 Å². The highest BCUT2D eigenvalue weighted by molar-refractivity contribution is 6.30. The number of hydrogen-bond donors (Lipinski definition) is 0. The SMILES string of the molecule is ClCC/C(=C/c1ccc(Cl)cc1)c1ccccc1. The van der Waals surface area contributed by atoms with Gasteiger partial charge in [-0.15, -0.1) is 11.6 Å². The first-order chi connectivity index (χ1) is 8.79. The Morgan fingerprint density at radius 2 is 1.61 bits per heavy atom. The molecular formula is C16H14Cl2. The molecule has 18 heavy (non-hydrogen) atoms. The highest BCUT2D eigenvalue weighted by Gasteiger charge is 2.01. The topological polar surface area (TPSA) is 0 Å². The second kappa shape index (κ2) is 6.63. The summed E-state index contributed by atoms with van der Waals surface area (Å²) in [4.78, 5) is 0. The van der Waals surface area contributed by atoms with Crippen molar-refractivity contribution in [1.29, 1.82) is 0 Å². The zero-order valence-corrected chi connectivity index (χ0v) is 11.5. The molecule has 2 rings (SSSR count). The van der Waals surface area contributed by atoms with E-state index in [4.69, 9.17) is 23.2 Å². The zero-order valence-electron chi connectivity index (χ0n) is 9.94. The van der Waals surface area contributed by atoms with Crippen molar-refractivity contribution in [2.45, 2.75) is 6.42 Å². The van der Waals surface area contributed by atoms with Crippen LogP contribution in [-0.4, -0.2) is 5.88 Å². The standard InChI is InChI=1S/C16H14Cl2/c17-11-10-15(14-4-2-1-3-5-14)12-13-6-8-16(18)9-7-13/h1-9,12H,10-11H2/b15-12-. The minimum Gasteiger partial charge on any atom is -0.126 e. The number of halogens is 2. The van der Waals surface area contributed by atoms with Crippen LogP contribution in [0.4, 0.5) is 0 Å². The van der Waals surface area contributed by atoms with E-state index < -0.39 is 0 Å². The Morgan fingerprint density at radius 3 is 2.22 bits per heavy atom. The number of allylic oxidation sites excluding steroid dienone is 1. The summed E-state index contributed by atoms with van der Waals surface area (Å²) in [5, 5.41) is 0.755. The van der Waals surface area contributed by atoms with Gasteiger partial charge < -0.3 is 0 Å². The van der Waals surface area contributed by atoms with Gasteiger partial charge in [0.15, 0.2) is 0 Å². The summed E-state index contributed by atoms with van der Waals surface area (Å²) < 4.78 is 0. The molecule has 0 amide bonds. The molecule has 0 atom stereocenters. The fourth-order valence-electron chi connectivity index (χ4n) is 1.81. The summed E-state index contributed by atoms with van der Waals surface area (Å²) in [6.45, 7) is 0. The molecular weight excluding hydrogens is 263 g/mol. The first kappa shape index (κ1) is 13.2. The molecule has 0 spiro atoms. The van der Waals surface area contributed by atoms with Crippen LogP contribution >= 0.6 is 23.2 Å². The number of hydrogen-bond acceptors (Lipinski definition) is 0. The van der Waals surface area contributed by atoms with Gasteiger partial charge in [0.05, 0.1) is 0 Å². The summed E-state index contributed by atoms with van der Waals surface area (Å²) in [5.74, 6) is 0.619. The van der Waals surface area contributed by atoms with E-state index in [0.717, 1.165) is 17.0 Å². The third kappa shape index (κ3) is 3.63. The fraction of sp³-hybridized carbons (Fsp3) is 0.125. The van der Waals surface area contributed by atoms with Gasteiger partial charge in [-0.2, -0.15) is 0 Å². The van der Waals surface area contributed by atoms with Crippen LogP contribution < -0.4 is 0 Å². The lowest BCUT2D eigenvalue weighted by Crippen LogP contribution is -1.86. The van der Waals surface area contributed by atoms with Crippen LogP contribution in [0.25, 0.3) is 11.6 Å². The zero-order chi connectivity index (χ0) is 12.8. The van der Waals surface area contributed by atoms with Crippen LogP contribution in [0.1, 0.15) is 17.5 Å². The van der Waals surface area contributed by atoms with Gasteiger partial charge in [-0.05, 0) is 35.3 Å². The molecule has 0 heterocycles. The maximum atomic E-state index is 5.88. The van der Waals surface area contributed by atoms with Crippen molar-refractivity contribution in [1.82, 2.24) is 0 Å². The Kier molecular flexibility index (Phi) is 4.86. The van der Waals surface area contributed by atoms with E-state index in [1.54, 1.807) is 0 Å². The molecule has 0 saturated carbocycles. The van der Waals surface area contributed by atoms with Gasteiger partial charge in [0.25, 0.3) is 0 Å². The highest BCUT2D eigenvalue weighted by atomic mass is 35.5. The molecule has 0 saturated heterocycles. The number of alkyl halides is 1. The molecule has 0 bridgehead atoms. The van der Waals surface area contributed by atoms with Crippen LogP contribution in [0.5, 0.6) is 0 Å². The fourth-order valence-corrected chi connectivity index (χ4v) is 2.14. The van der Waals surface area contributed by atoms with E-state index in [9.17, 15) is 0 Å². The van der Waals surface area contributed by atoms with Crippen molar-refractivity contribution in [3.8, 4) is 0 Å². The Labute approximate surface area is 118 Å². The normalized spacial score (nSPS) is 11.6. The van der Waals surface area contributed by atoms with E-state index >= 15 is 0 Å². The summed E-state index contributed by atoms with van der Waals surface area (Å²) in [7, 11) is 0. The quantitative estimate of drug-likeness (QED) is 0.510. The number of benzene rings is 2. The Balaban J connectivity index is 2.33. The van der Waals surface area contributed by atoms with Gasteiger partial charge in [0.2, 0.25) is 0 Å². The maximum absolute atomic E-state index is 5.88. The average molecular weight is 277 g/mol. The second-order valence-corrected chi connectivity index (χ2v) is 4.84. The molecule has 0 nitrogen and oxygen atoms in total. The number of rotatable bonds is 4. The molecule has 0 aromatic heterocycles. The van der Waals surface area contributed by atoms with Gasteiger partial charge in [-0.3, -0.25) is 0 Å². The molecule has 2 heteroatoms. The van der Waals surface area contributed by atoms with Crippen molar-refractivity contribution in [3.05, 3.63) is 70.7 Å². The van der Waals surface area contributed by atoms with Gasteiger partial charge in [0.1, 0.15) is 0 Å². The molecule has 0 radical (unpaired) electrons. The summed E-state index contributed by atoms with van der Waals surface area (Å²) in [6.07, 6.45) is 3.02. The van der Waals surface area contributed by atoms with E-state index in [1.807, 2.05) is 42.5 Å². The smallest absolute Gasteiger partial charge is 0.0406 e. The van der Waals surface area contributed by atoms with Crippen LogP contribution in [0.15, 0.2) is 54.6 Å². The van der Waals surface area contributed by atoms with E-state index in [-0.39, 0.29) is 0 Å². The average Bonchev–Trinajstić information content (AvgIpc) is 2.42. The summed E-state index contributed by atoms with van der Waals surface area (Å²) in [6, 6.07) is 18.1. The minimum atomic E-state index is 0.619. The molecule has 0 unspecified atom stereocenters. The molecule has 92 valence electrons. The van der Waals surface area contributed by atoms with E-state index in [0.29, 0.717) is 5.88 Å². The van der Waals surface area contributed by atoms with Crippen molar-refractivity contribution in [2.24, 2.45) is 0 Å². The van der Waals surface area contributed by atoms with Crippen molar-refractivity contribution in [2.75, 3.05) is 5.88 Å². The van der Waals surface area contributed by atoms with Gasteiger partial charge in [-0.25, -0.2) is 0 Å². The molecule has 0 aliphatic heterocycles. The van der Waals surface area contributed by atoms with Gasteiger partial charge >= 0.3 is 0 Å². The molecule has 0 fully saturated rings. The maximum Gasteiger partial charge on any atom is 0.0406 e. The predicted octanol–water partition coefficient (Wildman–Crippen LogP) is 5.51. The monoisotopic (exact) mass is 276 g/mol. The third-order valence-corrected chi connectivity index (χ3v) is 3.16. The molecule has 0 aliphatic rings. The van der Waals surface area contributed by atoms with Gasteiger partial charge in [-0.1, -0.05) is 60.1 Å². The van der Waals surface area contributed by atoms with Crippen LogP contribution in [0.3, 0.4) is 0 Å². The van der Waals surface area contributed by atoms with Crippen LogP contribution in [-0.2, 0) is 0 Å². The highest BCUT2D eigenvalue weighted by Crippen LogP contribution is 2.22. The lowest BCUT2D eigenvalue weighted by Gasteiger charge is -2.06. The molecule has 2 aromatic carbocycles. The van der Waals surface area contributed by atoms with Crippen molar-refractivity contribution in [3.63, 3.8) is 0 Å². The molecule has 0 aliphatic carbocycles. The lowest BCUT2D eigenvalue weighted by molar-refractivity contribution is 1.26. The van der Waals surface area contributed by atoms with Gasteiger partial charge in [0, 0.05) is 10.9 Å². The Hall–Kier alpha value is -1.24. The molecule has 2 aromatic rings. The largest absolute Gasteiger partial charge is 0.126 e. The van der Waals surface area contributed by atoms with E-state index in [2.05, 4.69) is 18.2 Å². The molecule has 0 N–H and O–H groups in total. The van der Waals surface area contributed by atoms with Crippen molar-refractivity contribution < 1.29 is 0 Å². The van der Waals surface area contributed by atoms with E-state index in [1.165, 1.54) is 11.1 Å². The van der Waals surface area contributed by atoms with Crippen LogP contribution in [0, 0.1) is 0 Å².